The van der Waals surface area contributed by atoms with Gasteiger partial charge in [0.2, 0.25) is 0 Å². The first kappa shape index (κ1) is 16.3. The second-order valence-corrected chi connectivity index (χ2v) is 5.88. The van der Waals surface area contributed by atoms with E-state index in [2.05, 4.69) is 16.0 Å². The first-order valence-electron chi connectivity index (χ1n) is 7.66. The maximum Gasteiger partial charge on any atom is 0.319 e. The third-order valence-corrected chi connectivity index (χ3v) is 3.57. The molecule has 6 heteroatoms. The summed E-state index contributed by atoms with van der Waals surface area (Å²) in [4.78, 5) is 26.0. The third kappa shape index (κ3) is 4.21. The van der Waals surface area contributed by atoms with Gasteiger partial charge in [-0.1, -0.05) is 0 Å². The van der Waals surface area contributed by atoms with Crippen LogP contribution < -0.4 is 16.0 Å². The van der Waals surface area contributed by atoms with Crippen LogP contribution in [0, 0.1) is 0 Å². The van der Waals surface area contributed by atoms with Crippen LogP contribution in [-0.4, -0.2) is 48.6 Å². The Hall–Kier alpha value is -2.08. The highest BCUT2D eigenvalue weighted by Gasteiger charge is 2.23. The zero-order chi connectivity index (χ0) is 16.1. The molecular formula is C16H24N4O2. The minimum absolute atomic E-state index is 0.0344. The summed E-state index contributed by atoms with van der Waals surface area (Å²) in [5.41, 5.74) is 1.31. The van der Waals surface area contributed by atoms with Crippen molar-refractivity contribution in [3.8, 4) is 0 Å². The Morgan fingerprint density at radius 3 is 2.55 bits per heavy atom. The number of benzene rings is 1. The molecule has 0 radical (unpaired) electrons. The molecule has 2 rings (SSSR count). The highest BCUT2D eigenvalue weighted by Crippen LogP contribution is 2.14. The van der Waals surface area contributed by atoms with E-state index in [4.69, 9.17) is 0 Å². The van der Waals surface area contributed by atoms with E-state index in [1.54, 1.807) is 24.3 Å². The van der Waals surface area contributed by atoms with Crippen molar-refractivity contribution in [3.05, 3.63) is 29.8 Å². The summed E-state index contributed by atoms with van der Waals surface area (Å²) in [6, 6.07) is 7.03. The third-order valence-electron chi connectivity index (χ3n) is 3.57. The van der Waals surface area contributed by atoms with Gasteiger partial charge in [0.25, 0.3) is 5.91 Å². The van der Waals surface area contributed by atoms with Gasteiger partial charge in [0, 0.05) is 43.0 Å². The molecule has 0 unspecified atom stereocenters. The number of hydrogen-bond donors (Lipinski definition) is 3. The Labute approximate surface area is 131 Å². The van der Waals surface area contributed by atoms with Crippen molar-refractivity contribution in [2.24, 2.45) is 0 Å². The minimum atomic E-state index is -0.246. The topological polar surface area (TPSA) is 73.5 Å². The van der Waals surface area contributed by atoms with Crippen molar-refractivity contribution in [1.82, 2.24) is 15.5 Å². The highest BCUT2D eigenvalue weighted by molar-refractivity contribution is 5.95. The fourth-order valence-corrected chi connectivity index (χ4v) is 2.43. The predicted molar refractivity (Wildman–Crippen MR) is 87.1 cm³/mol. The van der Waals surface area contributed by atoms with Crippen molar-refractivity contribution in [3.63, 3.8) is 0 Å². The molecule has 1 saturated heterocycles. The van der Waals surface area contributed by atoms with Crippen molar-refractivity contribution in [1.29, 1.82) is 0 Å². The van der Waals surface area contributed by atoms with E-state index in [-0.39, 0.29) is 24.0 Å². The van der Waals surface area contributed by atoms with E-state index in [0.29, 0.717) is 11.3 Å². The molecule has 1 aliphatic rings. The largest absolute Gasteiger partial charge is 0.336 e. The number of urea groups is 1. The number of amides is 3. The van der Waals surface area contributed by atoms with Crippen LogP contribution in [-0.2, 0) is 0 Å². The normalized spacial score (nSPS) is 18.2. The average Bonchev–Trinajstić information content (AvgIpc) is 2.47. The van der Waals surface area contributed by atoms with E-state index in [9.17, 15) is 9.59 Å². The lowest BCUT2D eigenvalue weighted by molar-refractivity contribution is 0.0656. The van der Waals surface area contributed by atoms with Crippen molar-refractivity contribution in [2.75, 3.05) is 25.0 Å². The van der Waals surface area contributed by atoms with Crippen LogP contribution in [0.1, 0.15) is 31.1 Å². The smallest absolute Gasteiger partial charge is 0.319 e. The van der Waals surface area contributed by atoms with Gasteiger partial charge in [0.15, 0.2) is 0 Å². The fourth-order valence-electron chi connectivity index (χ4n) is 2.43. The van der Waals surface area contributed by atoms with E-state index in [1.807, 2.05) is 25.7 Å². The van der Waals surface area contributed by atoms with Gasteiger partial charge in [0.1, 0.15) is 0 Å². The summed E-state index contributed by atoms with van der Waals surface area (Å²) in [7, 11) is 0. The first-order valence-corrected chi connectivity index (χ1v) is 7.66. The van der Waals surface area contributed by atoms with Crippen LogP contribution in [0.2, 0.25) is 0 Å². The molecule has 120 valence electrons. The van der Waals surface area contributed by atoms with Crippen molar-refractivity contribution < 1.29 is 9.59 Å². The lowest BCUT2D eigenvalue weighted by atomic mass is 10.1. The SMILES string of the molecule is CC(C)NC(=O)Nc1ccc(C(=O)N2CCNC[C@@H]2C)cc1. The van der Waals surface area contributed by atoms with E-state index in [0.717, 1.165) is 19.6 Å². The Morgan fingerprint density at radius 2 is 1.95 bits per heavy atom. The summed E-state index contributed by atoms with van der Waals surface area (Å²) >= 11 is 0. The molecule has 0 saturated carbocycles. The molecule has 1 heterocycles. The zero-order valence-corrected chi connectivity index (χ0v) is 13.3. The van der Waals surface area contributed by atoms with Crippen LogP contribution in [0.25, 0.3) is 0 Å². The summed E-state index contributed by atoms with van der Waals surface area (Å²) in [6.07, 6.45) is 0. The number of piperazine rings is 1. The van der Waals surface area contributed by atoms with Gasteiger partial charge >= 0.3 is 6.03 Å². The number of nitrogens with one attached hydrogen (secondary N) is 3. The van der Waals surface area contributed by atoms with Gasteiger partial charge in [-0.3, -0.25) is 4.79 Å². The molecule has 1 aromatic rings. The summed E-state index contributed by atoms with van der Waals surface area (Å²) in [6.45, 7) is 8.20. The Balaban J connectivity index is 1.99. The van der Waals surface area contributed by atoms with Crippen LogP contribution in [0.15, 0.2) is 24.3 Å². The van der Waals surface area contributed by atoms with Gasteiger partial charge < -0.3 is 20.9 Å². The molecule has 1 aliphatic heterocycles. The van der Waals surface area contributed by atoms with E-state index in [1.165, 1.54) is 0 Å². The molecule has 6 nitrogen and oxygen atoms in total. The minimum Gasteiger partial charge on any atom is -0.336 e. The quantitative estimate of drug-likeness (QED) is 0.795. The highest BCUT2D eigenvalue weighted by atomic mass is 16.2. The molecule has 3 N–H and O–H groups in total. The van der Waals surface area contributed by atoms with Crippen molar-refractivity contribution in [2.45, 2.75) is 32.9 Å². The molecule has 0 spiro atoms. The van der Waals surface area contributed by atoms with Gasteiger partial charge in [-0.2, -0.15) is 0 Å². The van der Waals surface area contributed by atoms with Gasteiger partial charge in [0.05, 0.1) is 0 Å². The number of carbonyl (C=O) groups excluding carboxylic acids is 2. The standard InChI is InChI=1S/C16H24N4O2/c1-11(2)18-16(22)19-14-6-4-13(5-7-14)15(21)20-9-8-17-10-12(20)3/h4-7,11-12,17H,8-10H2,1-3H3,(H2,18,19,22)/t12-/m0/s1. The van der Waals surface area contributed by atoms with Crippen molar-refractivity contribution >= 4 is 17.6 Å². The van der Waals surface area contributed by atoms with E-state index >= 15 is 0 Å². The maximum absolute atomic E-state index is 12.5. The first-order chi connectivity index (χ1) is 10.5. The van der Waals surface area contributed by atoms with Gasteiger partial charge in [-0.15, -0.1) is 0 Å². The predicted octanol–water partition coefficient (Wildman–Crippen LogP) is 1.65. The Bertz CT molecular complexity index is 527. The lowest BCUT2D eigenvalue weighted by Gasteiger charge is -2.34. The van der Waals surface area contributed by atoms with Crippen LogP contribution in [0.3, 0.4) is 0 Å². The molecular weight excluding hydrogens is 280 g/mol. The molecule has 0 aromatic heterocycles. The second-order valence-electron chi connectivity index (χ2n) is 5.88. The summed E-state index contributed by atoms with van der Waals surface area (Å²) < 4.78 is 0. The zero-order valence-electron chi connectivity index (χ0n) is 13.3. The molecule has 3 amide bonds. The number of nitrogens with zero attached hydrogens (tertiary/aromatic N) is 1. The molecule has 1 fully saturated rings. The molecule has 1 aromatic carbocycles. The molecule has 0 aliphatic carbocycles. The van der Waals surface area contributed by atoms with E-state index < -0.39 is 0 Å². The summed E-state index contributed by atoms with van der Waals surface area (Å²) in [5.74, 6) is 0.0344. The number of anilines is 1. The lowest BCUT2D eigenvalue weighted by Crippen LogP contribution is -2.52. The summed E-state index contributed by atoms with van der Waals surface area (Å²) in [5, 5.41) is 8.77. The molecule has 1 atom stereocenters. The second kappa shape index (κ2) is 7.26. The Kier molecular flexibility index (Phi) is 5.38. The van der Waals surface area contributed by atoms with Gasteiger partial charge in [-0.05, 0) is 45.0 Å². The Morgan fingerprint density at radius 1 is 1.27 bits per heavy atom. The molecule has 0 bridgehead atoms. The average molecular weight is 304 g/mol. The maximum atomic E-state index is 12.5. The van der Waals surface area contributed by atoms with Crippen LogP contribution in [0.5, 0.6) is 0 Å². The number of carbonyl (C=O) groups is 2. The van der Waals surface area contributed by atoms with Gasteiger partial charge in [-0.25, -0.2) is 4.79 Å². The fraction of sp³-hybridized carbons (Fsp3) is 0.500. The number of rotatable bonds is 3. The number of hydrogen-bond acceptors (Lipinski definition) is 3. The van der Waals surface area contributed by atoms with Crippen LogP contribution >= 0.6 is 0 Å². The molecule has 22 heavy (non-hydrogen) atoms. The van der Waals surface area contributed by atoms with Crippen LogP contribution in [0.4, 0.5) is 10.5 Å². The monoisotopic (exact) mass is 304 g/mol.